The molecule has 0 aliphatic rings. The van der Waals surface area contributed by atoms with E-state index < -0.39 is 15.9 Å². The predicted octanol–water partition coefficient (Wildman–Crippen LogP) is 4.21. The van der Waals surface area contributed by atoms with E-state index in [-0.39, 0.29) is 16.0 Å². The Labute approximate surface area is 191 Å². The molecule has 168 valence electrons. The van der Waals surface area contributed by atoms with Crippen LogP contribution in [0.4, 0.5) is 11.4 Å². The van der Waals surface area contributed by atoms with Crippen molar-refractivity contribution in [2.24, 2.45) is 7.05 Å². The topological polar surface area (TPSA) is 97.3 Å². The van der Waals surface area contributed by atoms with E-state index in [0.29, 0.717) is 27.8 Å². The van der Waals surface area contributed by atoms with Crippen molar-refractivity contribution in [3.05, 3.63) is 99.8 Å². The van der Waals surface area contributed by atoms with Crippen LogP contribution >= 0.6 is 0 Å². The van der Waals surface area contributed by atoms with Crippen LogP contribution in [0.15, 0.2) is 82.5 Å². The number of anilines is 2. The fraction of sp³-hybridized carbons (Fsp3) is 0.120. The van der Waals surface area contributed by atoms with Crippen LogP contribution < -0.4 is 15.6 Å². The van der Waals surface area contributed by atoms with Crippen molar-refractivity contribution in [1.82, 2.24) is 4.57 Å². The molecule has 7 nitrogen and oxygen atoms in total. The number of benzene rings is 3. The minimum Gasteiger partial charge on any atom is -0.322 e. The first kappa shape index (κ1) is 22.3. The molecule has 0 radical (unpaired) electrons. The van der Waals surface area contributed by atoms with Gasteiger partial charge in [-0.05, 0) is 55.3 Å². The fourth-order valence-corrected chi connectivity index (χ4v) is 5.00. The zero-order chi connectivity index (χ0) is 23.8. The van der Waals surface area contributed by atoms with Crippen molar-refractivity contribution in [2.45, 2.75) is 18.7 Å². The number of hydrogen-bond acceptors (Lipinski definition) is 4. The summed E-state index contributed by atoms with van der Waals surface area (Å²) in [7, 11) is -2.24. The number of rotatable bonds is 5. The monoisotopic (exact) mass is 461 g/mol. The van der Waals surface area contributed by atoms with Crippen LogP contribution in [0.3, 0.4) is 0 Å². The maximum atomic E-state index is 13.0. The van der Waals surface area contributed by atoms with E-state index in [1.165, 1.54) is 16.7 Å². The molecule has 0 unspecified atom stereocenters. The second-order valence-corrected chi connectivity index (χ2v) is 9.53. The van der Waals surface area contributed by atoms with E-state index in [2.05, 4.69) is 10.0 Å². The standard InChI is InChI=1S/C25H23N3O4S/c1-16-7-6-8-19(13-16)27-33(31,32)23-14-18(12-11-17(23)2)26-25(30)21-15-24(29)28(3)22-10-5-4-9-20(21)22/h4-15,27H,1-3H3,(H,26,30). The van der Waals surface area contributed by atoms with Gasteiger partial charge in [-0.2, -0.15) is 0 Å². The van der Waals surface area contributed by atoms with Gasteiger partial charge in [0.25, 0.3) is 21.5 Å². The molecule has 4 aromatic rings. The summed E-state index contributed by atoms with van der Waals surface area (Å²) in [5.74, 6) is -0.497. The van der Waals surface area contributed by atoms with Crippen molar-refractivity contribution >= 4 is 38.2 Å². The molecule has 0 bridgehead atoms. The van der Waals surface area contributed by atoms with E-state index in [1.54, 1.807) is 68.6 Å². The Morgan fingerprint density at radius 1 is 0.879 bits per heavy atom. The van der Waals surface area contributed by atoms with E-state index >= 15 is 0 Å². The zero-order valence-electron chi connectivity index (χ0n) is 18.4. The second-order valence-electron chi connectivity index (χ2n) is 7.88. The molecule has 0 atom stereocenters. The molecule has 0 aliphatic heterocycles. The molecule has 1 heterocycles. The van der Waals surface area contributed by atoms with Crippen molar-refractivity contribution < 1.29 is 13.2 Å². The quantitative estimate of drug-likeness (QED) is 0.465. The summed E-state index contributed by atoms with van der Waals surface area (Å²) in [6, 6.07) is 20.1. The molecule has 1 amide bonds. The lowest BCUT2D eigenvalue weighted by molar-refractivity contribution is 0.102. The van der Waals surface area contributed by atoms with Gasteiger partial charge < -0.3 is 9.88 Å². The highest BCUT2D eigenvalue weighted by Gasteiger charge is 2.19. The number of aryl methyl sites for hydroxylation is 3. The molecule has 0 aliphatic carbocycles. The summed E-state index contributed by atoms with van der Waals surface area (Å²) in [6.45, 7) is 3.56. The predicted molar refractivity (Wildman–Crippen MR) is 130 cm³/mol. The van der Waals surface area contributed by atoms with Gasteiger partial charge in [-0.25, -0.2) is 8.42 Å². The minimum absolute atomic E-state index is 0.0515. The summed E-state index contributed by atoms with van der Waals surface area (Å²) in [5.41, 5.74) is 2.76. The average molecular weight is 462 g/mol. The van der Waals surface area contributed by atoms with Gasteiger partial charge in [-0.1, -0.05) is 36.4 Å². The lowest BCUT2D eigenvalue weighted by atomic mass is 10.1. The van der Waals surface area contributed by atoms with Crippen LogP contribution in [0.1, 0.15) is 21.5 Å². The van der Waals surface area contributed by atoms with Crippen LogP contribution in [0.25, 0.3) is 10.9 Å². The van der Waals surface area contributed by atoms with Crippen LogP contribution in [0.2, 0.25) is 0 Å². The Morgan fingerprint density at radius 2 is 1.64 bits per heavy atom. The van der Waals surface area contributed by atoms with Gasteiger partial charge in [0.05, 0.1) is 16.0 Å². The molecular formula is C25H23N3O4S. The van der Waals surface area contributed by atoms with Crippen molar-refractivity contribution in [1.29, 1.82) is 0 Å². The number of pyridine rings is 1. The number of amides is 1. The van der Waals surface area contributed by atoms with Gasteiger partial charge in [-0.3, -0.25) is 14.3 Å². The number of aromatic nitrogens is 1. The van der Waals surface area contributed by atoms with Gasteiger partial charge in [0, 0.05) is 29.9 Å². The largest absolute Gasteiger partial charge is 0.322 e. The molecule has 0 fully saturated rings. The van der Waals surface area contributed by atoms with Gasteiger partial charge >= 0.3 is 0 Å². The third-order valence-corrected chi connectivity index (χ3v) is 6.93. The molecule has 3 aromatic carbocycles. The highest BCUT2D eigenvalue weighted by atomic mass is 32.2. The molecule has 4 rings (SSSR count). The Morgan fingerprint density at radius 3 is 2.39 bits per heavy atom. The molecule has 2 N–H and O–H groups in total. The maximum Gasteiger partial charge on any atom is 0.262 e. The van der Waals surface area contributed by atoms with Crippen molar-refractivity contribution in [3.63, 3.8) is 0 Å². The first-order valence-corrected chi connectivity index (χ1v) is 11.7. The second kappa shape index (κ2) is 8.55. The smallest absolute Gasteiger partial charge is 0.262 e. The third kappa shape index (κ3) is 4.51. The van der Waals surface area contributed by atoms with Crippen molar-refractivity contribution in [2.75, 3.05) is 10.0 Å². The molecule has 8 heteroatoms. The Kier molecular flexibility index (Phi) is 5.78. The fourth-order valence-electron chi connectivity index (χ4n) is 3.68. The van der Waals surface area contributed by atoms with Crippen LogP contribution in [0.5, 0.6) is 0 Å². The van der Waals surface area contributed by atoms with E-state index in [4.69, 9.17) is 0 Å². The third-order valence-electron chi connectivity index (χ3n) is 5.40. The van der Waals surface area contributed by atoms with Gasteiger partial charge in [0.1, 0.15) is 0 Å². The Hall–Kier alpha value is -3.91. The summed E-state index contributed by atoms with van der Waals surface area (Å²) in [4.78, 5) is 25.4. The molecule has 33 heavy (non-hydrogen) atoms. The van der Waals surface area contributed by atoms with E-state index in [9.17, 15) is 18.0 Å². The lowest BCUT2D eigenvalue weighted by Gasteiger charge is -2.14. The molecule has 0 saturated heterocycles. The molecular weight excluding hydrogens is 438 g/mol. The van der Waals surface area contributed by atoms with E-state index in [0.717, 1.165) is 5.56 Å². The Bertz CT molecular complexity index is 1560. The normalized spacial score (nSPS) is 11.4. The lowest BCUT2D eigenvalue weighted by Crippen LogP contribution is -2.22. The summed E-state index contributed by atoms with van der Waals surface area (Å²) < 4.78 is 30.1. The van der Waals surface area contributed by atoms with Crippen LogP contribution in [-0.2, 0) is 17.1 Å². The summed E-state index contributed by atoms with van der Waals surface area (Å²) in [6.07, 6.45) is 0. The van der Waals surface area contributed by atoms with Gasteiger partial charge in [-0.15, -0.1) is 0 Å². The summed E-state index contributed by atoms with van der Waals surface area (Å²) in [5, 5.41) is 3.35. The highest BCUT2D eigenvalue weighted by Crippen LogP contribution is 2.24. The number of carbonyl (C=O) groups is 1. The number of sulfonamides is 1. The maximum absolute atomic E-state index is 13.0. The van der Waals surface area contributed by atoms with E-state index in [1.807, 2.05) is 13.0 Å². The van der Waals surface area contributed by atoms with Crippen LogP contribution in [0, 0.1) is 13.8 Å². The Balaban J connectivity index is 1.68. The number of para-hydroxylation sites is 1. The molecule has 0 saturated carbocycles. The summed E-state index contributed by atoms with van der Waals surface area (Å²) >= 11 is 0. The average Bonchev–Trinajstić information content (AvgIpc) is 2.77. The van der Waals surface area contributed by atoms with Crippen molar-refractivity contribution in [3.8, 4) is 0 Å². The number of fused-ring (bicyclic) bond motifs is 1. The first-order chi connectivity index (χ1) is 15.7. The molecule has 0 spiro atoms. The van der Waals surface area contributed by atoms with Gasteiger partial charge in [0.15, 0.2) is 0 Å². The molecule has 1 aromatic heterocycles. The first-order valence-electron chi connectivity index (χ1n) is 10.3. The van der Waals surface area contributed by atoms with Crippen LogP contribution in [-0.4, -0.2) is 18.9 Å². The number of hydrogen-bond donors (Lipinski definition) is 2. The SMILES string of the molecule is Cc1cccc(NS(=O)(=O)c2cc(NC(=O)c3cc(=O)n(C)c4ccccc34)ccc2C)c1. The number of nitrogens with one attached hydrogen (secondary N) is 2. The highest BCUT2D eigenvalue weighted by molar-refractivity contribution is 7.92. The number of carbonyl (C=O) groups excluding carboxylic acids is 1. The minimum atomic E-state index is -3.89. The zero-order valence-corrected chi connectivity index (χ0v) is 19.2. The number of nitrogens with zero attached hydrogens (tertiary/aromatic N) is 1. The van der Waals surface area contributed by atoms with Gasteiger partial charge in [0.2, 0.25) is 0 Å².